The fraction of sp³-hybridized carbons (Fsp3) is 0.370. The summed E-state index contributed by atoms with van der Waals surface area (Å²) in [6.45, 7) is 4.65. The van der Waals surface area contributed by atoms with Crippen LogP contribution in [0.5, 0.6) is 0 Å². The maximum Gasteiger partial charge on any atom is 0.0830 e. The largest absolute Gasteiger partial charge is 0.411 e. The lowest BCUT2D eigenvalue weighted by atomic mass is 9.65. The number of hydrogen-bond donors (Lipinski definition) is 2. The van der Waals surface area contributed by atoms with E-state index >= 15 is 0 Å². The van der Waals surface area contributed by atoms with E-state index in [1.165, 1.54) is 33.3 Å². The molecular weight excluding hydrogens is 382 g/mol. The van der Waals surface area contributed by atoms with Crippen molar-refractivity contribution in [2.45, 2.75) is 38.1 Å². The van der Waals surface area contributed by atoms with Crippen molar-refractivity contribution in [2.75, 3.05) is 13.1 Å². The normalized spacial score (nSPS) is 30.9. The number of aromatic nitrogens is 1. The van der Waals surface area contributed by atoms with Gasteiger partial charge in [0.1, 0.15) is 0 Å². The predicted octanol–water partition coefficient (Wildman–Crippen LogP) is 5.58. The van der Waals surface area contributed by atoms with Crippen LogP contribution < -0.4 is 0 Å². The van der Waals surface area contributed by atoms with Gasteiger partial charge in [-0.1, -0.05) is 53.7 Å². The van der Waals surface area contributed by atoms with Gasteiger partial charge in [0.2, 0.25) is 0 Å². The minimum atomic E-state index is 0.0228. The Morgan fingerprint density at radius 1 is 1.06 bits per heavy atom. The Morgan fingerprint density at radius 2 is 1.87 bits per heavy atom. The Hall–Kier alpha value is -2.85. The van der Waals surface area contributed by atoms with Crippen LogP contribution in [0.2, 0.25) is 0 Å². The molecule has 0 radical (unpaired) electrons. The number of piperidine rings is 1. The van der Waals surface area contributed by atoms with Crippen LogP contribution in [0.15, 0.2) is 65.3 Å². The molecule has 2 N–H and O–H groups in total. The number of fused-ring (bicyclic) bond motifs is 6. The Labute approximate surface area is 183 Å². The van der Waals surface area contributed by atoms with Crippen LogP contribution in [-0.4, -0.2) is 33.9 Å². The zero-order chi connectivity index (χ0) is 21.0. The molecule has 6 rings (SSSR count). The van der Waals surface area contributed by atoms with E-state index < -0.39 is 0 Å². The standard InChI is InChI=1S/C27H29N3O/c1-27-16-20-15-25(29-31)19(13-18-7-3-2-4-8-18)14-21(20)17-30(27)12-11-23-22-9-5-6-10-24(22)28-26(23)27/h2-10,13,20-21,28,31H,11-12,14-17H2,1H3/b19-13+,29-25-. The molecule has 0 bridgehead atoms. The highest BCUT2D eigenvalue weighted by Crippen LogP contribution is 2.50. The lowest BCUT2D eigenvalue weighted by molar-refractivity contribution is -0.0169. The first kappa shape index (κ1) is 18.9. The van der Waals surface area contributed by atoms with Gasteiger partial charge in [-0.2, -0.15) is 0 Å². The van der Waals surface area contributed by atoms with Crippen molar-refractivity contribution in [1.82, 2.24) is 9.88 Å². The molecule has 1 aliphatic carbocycles. The first-order chi connectivity index (χ1) is 15.2. The Kier molecular flexibility index (Phi) is 4.32. The molecule has 31 heavy (non-hydrogen) atoms. The third kappa shape index (κ3) is 2.96. The highest BCUT2D eigenvalue weighted by molar-refractivity contribution is 6.04. The molecule has 0 amide bonds. The van der Waals surface area contributed by atoms with E-state index in [1.54, 1.807) is 0 Å². The zero-order valence-electron chi connectivity index (χ0n) is 18.0. The third-order valence-electron chi connectivity index (χ3n) is 8.03. The van der Waals surface area contributed by atoms with E-state index in [-0.39, 0.29) is 5.54 Å². The van der Waals surface area contributed by atoms with Gasteiger partial charge >= 0.3 is 0 Å². The molecule has 0 spiro atoms. The van der Waals surface area contributed by atoms with Gasteiger partial charge in [-0.25, -0.2) is 0 Å². The van der Waals surface area contributed by atoms with Crippen LogP contribution in [-0.2, 0) is 12.0 Å². The number of rotatable bonds is 1. The van der Waals surface area contributed by atoms with Crippen LogP contribution in [0.3, 0.4) is 0 Å². The molecule has 158 valence electrons. The van der Waals surface area contributed by atoms with Gasteiger partial charge in [0.05, 0.1) is 11.3 Å². The summed E-state index contributed by atoms with van der Waals surface area (Å²) in [5.74, 6) is 1.15. The number of allylic oxidation sites excluding steroid dienone is 1. The summed E-state index contributed by atoms with van der Waals surface area (Å²) in [5, 5.41) is 14.9. The van der Waals surface area contributed by atoms with Crippen molar-refractivity contribution in [3.8, 4) is 0 Å². The molecule has 4 nitrogen and oxygen atoms in total. The summed E-state index contributed by atoms with van der Waals surface area (Å²) < 4.78 is 0. The van der Waals surface area contributed by atoms with Gasteiger partial charge in [-0.15, -0.1) is 0 Å². The Balaban J connectivity index is 1.34. The molecule has 3 aromatic rings. The number of benzene rings is 2. The Morgan fingerprint density at radius 3 is 2.71 bits per heavy atom. The van der Waals surface area contributed by atoms with Gasteiger partial charge in [-0.3, -0.25) is 4.90 Å². The average Bonchev–Trinajstić information content (AvgIpc) is 3.18. The topological polar surface area (TPSA) is 51.6 Å². The van der Waals surface area contributed by atoms with Crippen molar-refractivity contribution in [1.29, 1.82) is 0 Å². The number of nitrogens with zero attached hydrogens (tertiary/aromatic N) is 2. The van der Waals surface area contributed by atoms with Gasteiger partial charge in [-0.05, 0) is 73.3 Å². The fourth-order valence-corrected chi connectivity index (χ4v) is 6.45. The van der Waals surface area contributed by atoms with E-state index in [9.17, 15) is 5.21 Å². The fourth-order valence-electron chi connectivity index (χ4n) is 6.45. The molecule has 1 saturated carbocycles. The first-order valence-electron chi connectivity index (χ1n) is 11.5. The predicted molar refractivity (Wildman–Crippen MR) is 125 cm³/mol. The maximum atomic E-state index is 9.81. The number of H-pyrrole nitrogens is 1. The van der Waals surface area contributed by atoms with E-state index in [2.05, 4.69) is 76.6 Å². The molecule has 3 aliphatic rings. The molecule has 4 heteroatoms. The van der Waals surface area contributed by atoms with Crippen LogP contribution in [0, 0.1) is 11.8 Å². The highest BCUT2D eigenvalue weighted by Gasteiger charge is 2.49. The van der Waals surface area contributed by atoms with Crippen LogP contribution in [0.1, 0.15) is 43.0 Å². The SMILES string of the molecule is CC12CC3CC(=N/O)/C(=C/c4ccccc4)CC3CN1CCc1c2[nH]c2ccccc12. The molecule has 3 atom stereocenters. The van der Waals surface area contributed by atoms with Crippen molar-refractivity contribution < 1.29 is 5.21 Å². The minimum Gasteiger partial charge on any atom is -0.411 e. The summed E-state index contributed by atoms with van der Waals surface area (Å²) >= 11 is 0. The molecule has 3 unspecified atom stereocenters. The minimum absolute atomic E-state index is 0.0228. The van der Waals surface area contributed by atoms with Gasteiger partial charge in [0.25, 0.3) is 0 Å². The summed E-state index contributed by atoms with van der Waals surface area (Å²) in [5.41, 5.74) is 7.44. The molecule has 2 aromatic carbocycles. The number of nitrogens with one attached hydrogen (secondary N) is 1. The van der Waals surface area contributed by atoms with Gasteiger partial charge in [0.15, 0.2) is 0 Å². The second-order valence-electron chi connectivity index (χ2n) is 9.75. The summed E-state index contributed by atoms with van der Waals surface area (Å²) in [4.78, 5) is 6.50. The van der Waals surface area contributed by atoms with Crippen molar-refractivity contribution in [2.24, 2.45) is 17.0 Å². The van der Waals surface area contributed by atoms with Crippen LogP contribution in [0.25, 0.3) is 17.0 Å². The smallest absolute Gasteiger partial charge is 0.0830 e. The number of hydrogen-bond acceptors (Lipinski definition) is 3. The molecule has 1 saturated heterocycles. The number of para-hydroxylation sites is 1. The number of aromatic amines is 1. The zero-order valence-corrected chi connectivity index (χ0v) is 18.0. The second-order valence-corrected chi connectivity index (χ2v) is 9.75. The van der Waals surface area contributed by atoms with E-state index in [0.29, 0.717) is 11.8 Å². The molecule has 2 aliphatic heterocycles. The summed E-state index contributed by atoms with van der Waals surface area (Å²) in [6.07, 6.45) is 6.28. The molecule has 2 fully saturated rings. The van der Waals surface area contributed by atoms with Crippen molar-refractivity contribution >= 4 is 22.7 Å². The van der Waals surface area contributed by atoms with Crippen LogP contribution in [0.4, 0.5) is 0 Å². The van der Waals surface area contributed by atoms with E-state index in [0.717, 1.165) is 44.5 Å². The molecular formula is C27H29N3O. The van der Waals surface area contributed by atoms with E-state index in [1.807, 2.05) is 6.07 Å². The monoisotopic (exact) mass is 411 g/mol. The lowest BCUT2D eigenvalue weighted by Gasteiger charge is -2.54. The highest BCUT2D eigenvalue weighted by atomic mass is 16.4. The second kappa shape index (κ2) is 7.10. The van der Waals surface area contributed by atoms with Gasteiger partial charge < -0.3 is 10.2 Å². The summed E-state index contributed by atoms with van der Waals surface area (Å²) in [7, 11) is 0. The average molecular weight is 412 g/mol. The third-order valence-corrected chi connectivity index (χ3v) is 8.03. The lowest BCUT2D eigenvalue weighted by Crippen LogP contribution is -2.57. The van der Waals surface area contributed by atoms with Crippen molar-refractivity contribution in [3.63, 3.8) is 0 Å². The maximum absolute atomic E-state index is 9.81. The van der Waals surface area contributed by atoms with Gasteiger partial charge in [0, 0.05) is 29.7 Å². The van der Waals surface area contributed by atoms with Crippen LogP contribution >= 0.6 is 0 Å². The van der Waals surface area contributed by atoms with E-state index in [4.69, 9.17) is 0 Å². The first-order valence-corrected chi connectivity index (χ1v) is 11.5. The molecule has 3 heterocycles. The molecule has 1 aromatic heterocycles. The quantitative estimate of drug-likeness (QED) is 0.405. The Bertz CT molecular complexity index is 1190. The summed E-state index contributed by atoms with van der Waals surface area (Å²) in [6, 6.07) is 19.1. The number of oxime groups is 1. The van der Waals surface area contributed by atoms with Crippen molar-refractivity contribution in [3.05, 3.63) is 77.0 Å².